The average Bonchev–Trinajstić information content (AvgIpc) is 3.46. The van der Waals surface area contributed by atoms with E-state index < -0.39 is 17.8 Å². The van der Waals surface area contributed by atoms with Crippen molar-refractivity contribution < 1.29 is 23.9 Å². The molecule has 0 aliphatic heterocycles. The summed E-state index contributed by atoms with van der Waals surface area (Å²) >= 11 is 0. The van der Waals surface area contributed by atoms with E-state index in [1.807, 2.05) is 12.1 Å². The SMILES string of the molecule is Cc1nc2cc(CNC(=O)c3cc(C(=O)NCc4ccc(C(=O)O)cc4)nc4c(N)cnn34)ccc2o1. The van der Waals surface area contributed by atoms with Crippen molar-refractivity contribution in [3.05, 3.63) is 88.7 Å². The first-order chi connectivity index (χ1) is 17.8. The molecule has 2 aromatic carbocycles. The van der Waals surface area contributed by atoms with E-state index in [1.54, 1.807) is 25.1 Å². The van der Waals surface area contributed by atoms with Gasteiger partial charge in [0.25, 0.3) is 11.8 Å². The third-order valence-corrected chi connectivity index (χ3v) is 5.63. The number of carbonyl (C=O) groups is 3. The van der Waals surface area contributed by atoms with Crippen molar-refractivity contribution in [1.29, 1.82) is 0 Å². The third kappa shape index (κ3) is 4.80. The van der Waals surface area contributed by atoms with Crippen molar-refractivity contribution in [2.24, 2.45) is 0 Å². The van der Waals surface area contributed by atoms with E-state index in [0.717, 1.165) is 5.56 Å². The quantitative estimate of drug-likeness (QED) is 0.261. The van der Waals surface area contributed by atoms with Crippen molar-refractivity contribution in [2.45, 2.75) is 20.0 Å². The van der Waals surface area contributed by atoms with E-state index in [1.165, 1.54) is 28.9 Å². The van der Waals surface area contributed by atoms with Crippen LogP contribution in [0, 0.1) is 6.92 Å². The number of carbonyl (C=O) groups excluding carboxylic acids is 2. The minimum atomic E-state index is -1.04. The zero-order valence-corrected chi connectivity index (χ0v) is 19.6. The van der Waals surface area contributed by atoms with Gasteiger partial charge in [0, 0.05) is 26.1 Å². The summed E-state index contributed by atoms with van der Waals surface area (Å²) in [7, 11) is 0. The molecule has 0 radical (unpaired) electrons. The van der Waals surface area contributed by atoms with Crippen LogP contribution < -0.4 is 16.4 Å². The summed E-state index contributed by atoms with van der Waals surface area (Å²) in [5.41, 5.74) is 9.39. The fourth-order valence-corrected chi connectivity index (χ4v) is 3.77. The van der Waals surface area contributed by atoms with Crippen LogP contribution in [-0.2, 0) is 13.1 Å². The van der Waals surface area contributed by atoms with Crippen molar-refractivity contribution in [3.8, 4) is 0 Å². The maximum Gasteiger partial charge on any atom is 0.335 e. The summed E-state index contributed by atoms with van der Waals surface area (Å²) in [4.78, 5) is 45.5. The predicted molar refractivity (Wildman–Crippen MR) is 132 cm³/mol. The summed E-state index contributed by atoms with van der Waals surface area (Å²) < 4.78 is 6.75. The van der Waals surface area contributed by atoms with Gasteiger partial charge < -0.3 is 25.9 Å². The van der Waals surface area contributed by atoms with Gasteiger partial charge in [-0.3, -0.25) is 9.59 Å². The van der Waals surface area contributed by atoms with Crippen LogP contribution in [0.15, 0.2) is 59.1 Å². The molecule has 12 heteroatoms. The Labute approximate surface area is 209 Å². The minimum absolute atomic E-state index is 0.0218. The highest BCUT2D eigenvalue weighted by Gasteiger charge is 2.19. The number of hydrogen-bond acceptors (Lipinski definition) is 8. The number of nitrogens with one attached hydrogen (secondary N) is 2. The van der Waals surface area contributed by atoms with Crippen LogP contribution >= 0.6 is 0 Å². The standard InChI is InChI=1S/C25H21N7O5/c1-13-30-18-8-15(4-7-21(18)37-13)11-28-24(34)20-9-19(31-22-17(26)12-29-32(20)22)23(33)27-10-14-2-5-16(6-3-14)25(35)36/h2-9,12H,10-11,26H2,1H3,(H,27,33)(H,28,34)(H,35,36). The number of hydrogen-bond donors (Lipinski definition) is 4. The number of amides is 2. The number of nitrogens with zero attached hydrogens (tertiary/aromatic N) is 4. The normalized spacial score (nSPS) is 11.1. The van der Waals surface area contributed by atoms with Crippen LogP contribution in [0.4, 0.5) is 5.69 Å². The zero-order chi connectivity index (χ0) is 26.1. The lowest BCUT2D eigenvalue weighted by Crippen LogP contribution is -2.28. The molecule has 0 fully saturated rings. The van der Waals surface area contributed by atoms with Gasteiger partial charge in [-0.05, 0) is 35.4 Å². The maximum absolute atomic E-state index is 13.1. The van der Waals surface area contributed by atoms with E-state index in [0.29, 0.717) is 22.6 Å². The molecule has 0 saturated carbocycles. The van der Waals surface area contributed by atoms with Gasteiger partial charge in [0.15, 0.2) is 17.1 Å². The van der Waals surface area contributed by atoms with E-state index in [9.17, 15) is 14.4 Å². The monoisotopic (exact) mass is 499 g/mol. The van der Waals surface area contributed by atoms with Crippen LogP contribution in [0.25, 0.3) is 16.7 Å². The molecule has 0 spiro atoms. The zero-order valence-electron chi connectivity index (χ0n) is 19.6. The Morgan fingerprint density at radius 3 is 2.43 bits per heavy atom. The third-order valence-electron chi connectivity index (χ3n) is 5.63. The molecular formula is C25H21N7O5. The fourth-order valence-electron chi connectivity index (χ4n) is 3.77. The van der Waals surface area contributed by atoms with E-state index in [-0.39, 0.29) is 41.4 Å². The summed E-state index contributed by atoms with van der Waals surface area (Å²) in [6.45, 7) is 2.09. The Kier molecular flexibility index (Phi) is 5.97. The maximum atomic E-state index is 13.1. The molecule has 0 aliphatic rings. The molecular weight excluding hydrogens is 478 g/mol. The van der Waals surface area contributed by atoms with Crippen LogP contribution in [0.5, 0.6) is 0 Å². The van der Waals surface area contributed by atoms with Gasteiger partial charge in [0.1, 0.15) is 16.9 Å². The number of oxazole rings is 1. The summed E-state index contributed by atoms with van der Waals surface area (Å²) in [6.07, 6.45) is 1.35. The Bertz CT molecular complexity index is 1670. The molecule has 0 aliphatic carbocycles. The smallest absolute Gasteiger partial charge is 0.335 e. The van der Waals surface area contributed by atoms with Crippen LogP contribution in [-0.4, -0.2) is 42.5 Å². The minimum Gasteiger partial charge on any atom is -0.478 e. The molecule has 5 rings (SSSR count). The molecule has 5 N–H and O–H groups in total. The topological polar surface area (TPSA) is 178 Å². The number of aromatic nitrogens is 4. The van der Waals surface area contributed by atoms with E-state index in [4.69, 9.17) is 15.3 Å². The van der Waals surface area contributed by atoms with Crippen molar-refractivity contribution in [1.82, 2.24) is 30.2 Å². The van der Waals surface area contributed by atoms with Gasteiger partial charge in [-0.2, -0.15) is 5.10 Å². The number of rotatable bonds is 7. The van der Waals surface area contributed by atoms with E-state index >= 15 is 0 Å². The predicted octanol–water partition coefficient (Wildman–Crippen LogP) is 2.32. The molecule has 0 bridgehead atoms. The lowest BCUT2D eigenvalue weighted by molar-refractivity contribution is 0.0696. The van der Waals surface area contributed by atoms with Crippen LogP contribution in [0.1, 0.15) is 48.4 Å². The number of aryl methyl sites for hydroxylation is 1. The Morgan fingerprint density at radius 1 is 0.973 bits per heavy atom. The number of fused-ring (bicyclic) bond motifs is 2. The molecule has 5 aromatic rings. The van der Waals surface area contributed by atoms with Gasteiger partial charge in [0.2, 0.25) is 0 Å². The van der Waals surface area contributed by atoms with Gasteiger partial charge in [-0.15, -0.1) is 0 Å². The largest absolute Gasteiger partial charge is 0.478 e. The number of aromatic carboxylic acids is 1. The lowest BCUT2D eigenvalue weighted by Gasteiger charge is -2.10. The molecule has 3 aromatic heterocycles. The first kappa shape index (κ1) is 23.5. The molecule has 2 amide bonds. The fraction of sp³-hybridized carbons (Fsp3) is 0.120. The van der Waals surface area contributed by atoms with Gasteiger partial charge >= 0.3 is 5.97 Å². The van der Waals surface area contributed by atoms with Crippen LogP contribution in [0.2, 0.25) is 0 Å². The summed E-state index contributed by atoms with van der Waals surface area (Å²) in [6, 6.07) is 12.9. The van der Waals surface area contributed by atoms with Gasteiger partial charge in [-0.1, -0.05) is 18.2 Å². The summed E-state index contributed by atoms with van der Waals surface area (Å²) in [5.74, 6) is -1.50. The first-order valence-corrected chi connectivity index (χ1v) is 11.2. The summed E-state index contributed by atoms with van der Waals surface area (Å²) in [5, 5.41) is 18.7. The molecule has 3 heterocycles. The second-order valence-corrected chi connectivity index (χ2v) is 8.26. The number of carboxylic acid groups (broad SMARTS) is 1. The Morgan fingerprint density at radius 2 is 1.68 bits per heavy atom. The van der Waals surface area contributed by atoms with Crippen molar-refractivity contribution in [2.75, 3.05) is 5.73 Å². The first-order valence-electron chi connectivity index (χ1n) is 11.2. The molecule has 0 atom stereocenters. The number of benzene rings is 2. The Hall–Kier alpha value is -5.26. The highest BCUT2D eigenvalue weighted by Crippen LogP contribution is 2.18. The molecule has 12 nitrogen and oxygen atoms in total. The lowest BCUT2D eigenvalue weighted by atomic mass is 10.1. The van der Waals surface area contributed by atoms with Gasteiger partial charge in [-0.25, -0.2) is 19.3 Å². The second kappa shape index (κ2) is 9.41. The number of nitrogen functional groups attached to an aromatic ring is 1. The second-order valence-electron chi connectivity index (χ2n) is 8.26. The highest BCUT2D eigenvalue weighted by molar-refractivity contribution is 5.99. The average molecular weight is 499 g/mol. The molecule has 186 valence electrons. The Balaban J connectivity index is 1.34. The van der Waals surface area contributed by atoms with E-state index in [2.05, 4.69) is 25.7 Å². The number of carboxylic acids is 1. The molecule has 37 heavy (non-hydrogen) atoms. The van der Waals surface area contributed by atoms with Crippen molar-refractivity contribution >= 4 is 40.2 Å². The number of anilines is 1. The molecule has 0 unspecified atom stereocenters. The van der Waals surface area contributed by atoms with Crippen LogP contribution in [0.3, 0.4) is 0 Å². The van der Waals surface area contributed by atoms with Gasteiger partial charge in [0.05, 0.1) is 17.4 Å². The molecule has 0 saturated heterocycles. The number of nitrogens with two attached hydrogens (primary N) is 1. The van der Waals surface area contributed by atoms with Crippen molar-refractivity contribution in [3.63, 3.8) is 0 Å². The highest BCUT2D eigenvalue weighted by atomic mass is 16.4.